The summed E-state index contributed by atoms with van der Waals surface area (Å²) in [5.41, 5.74) is 3.59. The van der Waals surface area contributed by atoms with Gasteiger partial charge in [-0.1, -0.05) is 36.4 Å². The number of hydrogen-bond donors (Lipinski definition) is 1. The Morgan fingerprint density at radius 1 is 1.08 bits per heavy atom. The molecule has 0 radical (unpaired) electrons. The van der Waals surface area contributed by atoms with Crippen LogP contribution in [0.5, 0.6) is 0 Å². The van der Waals surface area contributed by atoms with Crippen molar-refractivity contribution in [1.29, 1.82) is 0 Å². The van der Waals surface area contributed by atoms with E-state index in [1.54, 1.807) is 0 Å². The smallest absolute Gasteiger partial charge is 0.0547 e. The molecule has 1 aliphatic heterocycles. The third kappa shape index (κ3) is 5.36. The van der Waals surface area contributed by atoms with Crippen LogP contribution < -0.4 is 0 Å². The van der Waals surface area contributed by atoms with Crippen LogP contribution in [0.4, 0.5) is 0 Å². The fourth-order valence-corrected chi connectivity index (χ4v) is 3.62. The first-order valence-corrected chi connectivity index (χ1v) is 9.28. The fraction of sp³-hybridized carbons (Fsp3) is 0.476. The second-order valence-electron chi connectivity index (χ2n) is 6.94. The summed E-state index contributed by atoms with van der Waals surface area (Å²) in [4.78, 5) is 9.66. The third-order valence-corrected chi connectivity index (χ3v) is 5.02. The number of aromatic nitrogens is 1. The van der Waals surface area contributed by atoms with Crippen LogP contribution in [0.25, 0.3) is 0 Å². The molecule has 2 aromatic rings. The zero-order valence-electron chi connectivity index (χ0n) is 15.1. The lowest BCUT2D eigenvalue weighted by Crippen LogP contribution is -2.53. The standard InChI is InChI=1S/C21H29N3O/c1-18-6-5-9-20(22-18)16-24-14-13-23(17-21(24)11-15-25)12-10-19-7-3-2-4-8-19/h2-9,21,25H,10-17H2,1H3. The Kier molecular flexibility index (Phi) is 6.56. The lowest BCUT2D eigenvalue weighted by atomic mass is 10.1. The van der Waals surface area contributed by atoms with Gasteiger partial charge in [0.15, 0.2) is 0 Å². The molecule has 0 spiro atoms. The predicted molar refractivity (Wildman–Crippen MR) is 101 cm³/mol. The number of aryl methyl sites for hydroxylation is 1. The first-order valence-electron chi connectivity index (χ1n) is 9.28. The molecule has 2 heterocycles. The SMILES string of the molecule is Cc1cccc(CN2CCN(CCc3ccccc3)CC2CCO)n1. The van der Waals surface area contributed by atoms with E-state index < -0.39 is 0 Å². The van der Waals surface area contributed by atoms with Gasteiger partial charge in [0.2, 0.25) is 0 Å². The number of benzene rings is 1. The molecule has 1 aromatic carbocycles. The molecule has 4 heteroatoms. The van der Waals surface area contributed by atoms with Crippen molar-refractivity contribution in [2.75, 3.05) is 32.8 Å². The molecule has 0 aliphatic carbocycles. The van der Waals surface area contributed by atoms with Crippen LogP contribution in [0, 0.1) is 6.92 Å². The first-order chi connectivity index (χ1) is 12.2. The molecular weight excluding hydrogens is 310 g/mol. The number of pyridine rings is 1. The van der Waals surface area contributed by atoms with Crippen molar-refractivity contribution >= 4 is 0 Å². The predicted octanol–water partition coefficient (Wildman–Crippen LogP) is 2.50. The Balaban J connectivity index is 1.56. The quantitative estimate of drug-likeness (QED) is 0.841. The molecule has 25 heavy (non-hydrogen) atoms. The lowest BCUT2D eigenvalue weighted by Gasteiger charge is -2.41. The van der Waals surface area contributed by atoms with Gasteiger partial charge in [0, 0.05) is 51.1 Å². The Hall–Kier alpha value is -1.75. The van der Waals surface area contributed by atoms with E-state index in [9.17, 15) is 5.11 Å². The highest BCUT2D eigenvalue weighted by Crippen LogP contribution is 2.16. The van der Waals surface area contributed by atoms with Gasteiger partial charge < -0.3 is 10.0 Å². The zero-order valence-corrected chi connectivity index (χ0v) is 15.1. The van der Waals surface area contributed by atoms with Crippen molar-refractivity contribution in [3.8, 4) is 0 Å². The molecule has 0 saturated carbocycles. The van der Waals surface area contributed by atoms with Crippen molar-refractivity contribution in [3.63, 3.8) is 0 Å². The van der Waals surface area contributed by atoms with Crippen molar-refractivity contribution < 1.29 is 5.11 Å². The molecule has 0 bridgehead atoms. The Bertz CT molecular complexity index is 647. The molecule has 134 valence electrons. The van der Waals surface area contributed by atoms with Gasteiger partial charge >= 0.3 is 0 Å². The van der Waals surface area contributed by atoms with Crippen LogP contribution in [-0.4, -0.2) is 58.7 Å². The molecule has 1 unspecified atom stereocenters. The summed E-state index contributed by atoms with van der Waals surface area (Å²) in [5.74, 6) is 0. The molecule has 1 N–H and O–H groups in total. The number of rotatable bonds is 7. The van der Waals surface area contributed by atoms with Gasteiger partial charge in [-0.15, -0.1) is 0 Å². The summed E-state index contributed by atoms with van der Waals surface area (Å²) in [7, 11) is 0. The van der Waals surface area contributed by atoms with E-state index in [1.165, 1.54) is 5.56 Å². The van der Waals surface area contributed by atoms with Gasteiger partial charge in [0.1, 0.15) is 0 Å². The molecule has 4 nitrogen and oxygen atoms in total. The summed E-state index contributed by atoms with van der Waals surface area (Å²) in [6.07, 6.45) is 1.92. The van der Waals surface area contributed by atoms with Crippen LogP contribution in [0.1, 0.15) is 23.4 Å². The largest absolute Gasteiger partial charge is 0.396 e. The average molecular weight is 339 g/mol. The van der Waals surface area contributed by atoms with Crippen LogP contribution in [-0.2, 0) is 13.0 Å². The van der Waals surface area contributed by atoms with Crippen LogP contribution in [0.15, 0.2) is 48.5 Å². The van der Waals surface area contributed by atoms with Gasteiger partial charge in [-0.2, -0.15) is 0 Å². The molecule has 1 fully saturated rings. The normalized spacial score (nSPS) is 19.2. The summed E-state index contributed by atoms with van der Waals surface area (Å²) >= 11 is 0. The molecule has 1 aliphatic rings. The molecular formula is C21H29N3O. The van der Waals surface area contributed by atoms with Crippen molar-refractivity contribution in [2.45, 2.75) is 32.4 Å². The van der Waals surface area contributed by atoms with E-state index in [-0.39, 0.29) is 6.61 Å². The lowest BCUT2D eigenvalue weighted by molar-refractivity contribution is 0.0535. The van der Waals surface area contributed by atoms with Crippen molar-refractivity contribution in [1.82, 2.24) is 14.8 Å². The van der Waals surface area contributed by atoms with Crippen LogP contribution in [0.3, 0.4) is 0 Å². The van der Waals surface area contributed by atoms with E-state index in [1.807, 2.05) is 13.0 Å². The zero-order chi connectivity index (χ0) is 17.5. The van der Waals surface area contributed by atoms with Gasteiger partial charge in [0.05, 0.1) is 5.69 Å². The number of aliphatic hydroxyl groups is 1. The third-order valence-electron chi connectivity index (χ3n) is 5.02. The molecule has 3 rings (SSSR count). The maximum atomic E-state index is 9.48. The number of aliphatic hydroxyl groups excluding tert-OH is 1. The molecule has 1 aromatic heterocycles. The highest BCUT2D eigenvalue weighted by atomic mass is 16.3. The Morgan fingerprint density at radius 2 is 1.92 bits per heavy atom. The molecule has 1 atom stereocenters. The van der Waals surface area contributed by atoms with E-state index >= 15 is 0 Å². The first kappa shape index (κ1) is 18.1. The number of nitrogens with zero attached hydrogens (tertiary/aromatic N) is 3. The molecule has 1 saturated heterocycles. The van der Waals surface area contributed by atoms with E-state index in [0.717, 1.165) is 57.0 Å². The monoisotopic (exact) mass is 339 g/mol. The highest BCUT2D eigenvalue weighted by molar-refractivity contribution is 5.15. The minimum Gasteiger partial charge on any atom is -0.396 e. The minimum atomic E-state index is 0.245. The molecule has 0 amide bonds. The van der Waals surface area contributed by atoms with E-state index in [4.69, 9.17) is 0 Å². The maximum Gasteiger partial charge on any atom is 0.0547 e. The highest BCUT2D eigenvalue weighted by Gasteiger charge is 2.26. The van der Waals surface area contributed by atoms with Gasteiger partial charge in [-0.25, -0.2) is 0 Å². The second kappa shape index (κ2) is 9.09. The second-order valence-corrected chi connectivity index (χ2v) is 6.94. The summed E-state index contributed by atoms with van der Waals surface area (Å²) in [6, 6.07) is 17.3. The van der Waals surface area contributed by atoms with Gasteiger partial charge in [0.25, 0.3) is 0 Å². The van der Waals surface area contributed by atoms with E-state index in [0.29, 0.717) is 6.04 Å². The topological polar surface area (TPSA) is 39.6 Å². The van der Waals surface area contributed by atoms with E-state index in [2.05, 4.69) is 57.2 Å². The Morgan fingerprint density at radius 3 is 2.68 bits per heavy atom. The number of hydrogen-bond acceptors (Lipinski definition) is 4. The number of piperazine rings is 1. The van der Waals surface area contributed by atoms with Crippen molar-refractivity contribution in [2.24, 2.45) is 0 Å². The van der Waals surface area contributed by atoms with Crippen LogP contribution >= 0.6 is 0 Å². The Labute approximate surface area is 151 Å². The summed E-state index contributed by atoms with van der Waals surface area (Å²) in [6.45, 7) is 7.39. The van der Waals surface area contributed by atoms with Crippen molar-refractivity contribution in [3.05, 3.63) is 65.5 Å². The fourth-order valence-electron chi connectivity index (χ4n) is 3.62. The summed E-state index contributed by atoms with van der Waals surface area (Å²) in [5, 5.41) is 9.48. The maximum absolute atomic E-state index is 9.48. The van der Waals surface area contributed by atoms with Crippen LogP contribution in [0.2, 0.25) is 0 Å². The summed E-state index contributed by atoms with van der Waals surface area (Å²) < 4.78 is 0. The minimum absolute atomic E-state index is 0.245. The van der Waals surface area contributed by atoms with Gasteiger partial charge in [-0.3, -0.25) is 9.88 Å². The van der Waals surface area contributed by atoms with Gasteiger partial charge in [-0.05, 0) is 37.5 Å². The average Bonchev–Trinajstić information content (AvgIpc) is 2.63.